The summed E-state index contributed by atoms with van der Waals surface area (Å²) in [7, 11) is 0. The third-order valence-electron chi connectivity index (χ3n) is 4.28. The summed E-state index contributed by atoms with van der Waals surface area (Å²) in [5.41, 5.74) is 0.942. The number of carbonyl (C=O) groups excluding carboxylic acids is 2. The van der Waals surface area contributed by atoms with E-state index in [1.54, 1.807) is 6.07 Å². The number of nitro benzene ring substituents is 2. The number of nitrogens with one attached hydrogen (secondary N) is 1. The highest BCUT2D eigenvalue weighted by Crippen LogP contribution is 2.26. The van der Waals surface area contributed by atoms with Crippen molar-refractivity contribution in [3.63, 3.8) is 0 Å². The van der Waals surface area contributed by atoms with Gasteiger partial charge in [-0.3, -0.25) is 25.0 Å². The Morgan fingerprint density at radius 1 is 0.971 bits per heavy atom. The van der Waals surface area contributed by atoms with Crippen LogP contribution in [0.25, 0.3) is 0 Å². The number of esters is 1. The molecule has 0 saturated carbocycles. The molecule has 35 heavy (non-hydrogen) atoms. The summed E-state index contributed by atoms with van der Waals surface area (Å²) in [6.45, 7) is 0. The number of non-ortho nitro benzene ring substituents is 2. The first-order valence-corrected chi connectivity index (χ1v) is 10.8. The van der Waals surface area contributed by atoms with Gasteiger partial charge in [-0.2, -0.15) is 5.10 Å². The van der Waals surface area contributed by atoms with Crippen molar-refractivity contribution in [2.24, 2.45) is 5.10 Å². The smallest absolute Gasteiger partial charge is 0.344 e. The van der Waals surface area contributed by atoms with Crippen LogP contribution in [-0.2, 0) is 0 Å². The maximum atomic E-state index is 12.6. The second-order valence-corrected chi connectivity index (χ2v) is 8.41. The van der Waals surface area contributed by atoms with Gasteiger partial charge in [-0.05, 0) is 36.4 Å². The Labute approximate surface area is 214 Å². The first-order valence-electron chi connectivity index (χ1n) is 9.29. The molecule has 0 bridgehead atoms. The van der Waals surface area contributed by atoms with E-state index in [0.717, 1.165) is 18.2 Å². The van der Waals surface area contributed by atoms with Crippen LogP contribution in [0.3, 0.4) is 0 Å². The van der Waals surface area contributed by atoms with Crippen LogP contribution in [0.5, 0.6) is 5.75 Å². The Bertz CT molecular complexity index is 1370. The Hall–Kier alpha value is -3.87. The van der Waals surface area contributed by atoms with E-state index in [1.165, 1.54) is 36.5 Å². The summed E-state index contributed by atoms with van der Waals surface area (Å²) in [5, 5.41) is 26.4. The van der Waals surface area contributed by atoms with Crippen molar-refractivity contribution in [2.75, 3.05) is 0 Å². The fraction of sp³-hybridized carbons (Fsp3) is 0. The van der Waals surface area contributed by atoms with Crippen LogP contribution < -0.4 is 10.2 Å². The quantitative estimate of drug-likeness (QED) is 0.126. The lowest BCUT2D eigenvalue weighted by atomic mass is 10.1. The zero-order valence-corrected chi connectivity index (χ0v) is 20.2. The molecule has 0 heterocycles. The normalized spacial score (nSPS) is 10.7. The first kappa shape index (κ1) is 25.7. The van der Waals surface area contributed by atoms with Gasteiger partial charge in [-0.1, -0.05) is 39.1 Å². The number of hydrazone groups is 1. The monoisotopic (exact) mass is 580 g/mol. The van der Waals surface area contributed by atoms with Crippen LogP contribution >= 0.6 is 39.1 Å². The molecule has 0 aromatic heterocycles. The molecule has 14 heteroatoms. The molecule has 0 saturated heterocycles. The Morgan fingerprint density at radius 3 is 2.23 bits per heavy atom. The number of halogens is 3. The molecule has 0 unspecified atom stereocenters. The molecule has 0 fully saturated rings. The van der Waals surface area contributed by atoms with Crippen LogP contribution in [0.2, 0.25) is 10.0 Å². The molecule has 3 rings (SSSR count). The third-order valence-corrected chi connectivity index (χ3v) is 5.32. The van der Waals surface area contributed by atoms with Gasteiger partial charge in [0.1, 0.15) is 5.75 Å². The van der Waals surface area contributed by atoms with Gasteiger partial charge < -0.3 is 4.74 Å². The molecule has 3 aromatic rings. The van der Waals surface area contributed by atoms with Gasteiger partial charge in [0.2, 0.25) is 0 Å². The van der Waals surface area contributed by atoms with Crippen LogP contribution in [0.15, 0.2) is 64.2 Å². The van der Waals surface area contributed by atoms with Crippen LogP contribution in [-0.4, -0.2) is 27.9 Å². The highest BCUT2D eigenvalue weighted by atomic mass is 79.9. The van der Waals surface area contributed by atoms with Crippen molar-refractivity contribution in [2.45, 2.75) is 0 Å². The van der Waals surface area contributed by atoms with E-state index in [1.807, 2.05) is 0 Å². The van der Waals surface area contributed by atoms with Gasteiger partial charge in [0.15, 0.2) is 0 Å². The highest BCUT2D eigenvalue weighted by molar-refractivity contribution is 9.10. The van der Waals surface area contributed by atoms with Gasteiger partial charge in [0, 0.05) is 27.2 Å². The molecular formula is C21H11BrCl2N4O7. The maximum Gasteiger partial charge on any atom is 0.344 e. The summed E-state index contributed by atoms with van der Waals surface area (Å²) in [4.78, 5) is 45.3. The Balaban J connectivity index is 1.83. The number of amides is 1. The number of ether oxygens (including phenoxy) is 1. The van der Waals surface area contributed by atoms with E-state index in [-0.39, 0.29) is 21.9 Å². The number of nitrogens with zero attached hydrogens (tertiary/aromatic N) is 3. The van der Waals surface area contributed by atoms with E-state index < -0.39 is 38.7 Å². The fourth-order valence-corrected chi connectivity index (χ4v) is 3.56. The van der Waals surface area contributed by atoms with E-state index >= 15 is 0 Å². The van der Waals surface area contributed by atoms with Crippen LogP contribution in [0.4, 0.5) is 11.4 Å². The van der Waals surface area contributed by atoms with Crippen molar-refractivity contribution >= 4 is 68.6 Å². The first-order chi connectivity index (χ1) is 16.5. The highest BCUT2D eigenvalue weighted by Gasteiger charge is 2.22. The number of rotatable bonds is 7. The Morgan fingerprint density at radius 2 is 1.63 bits per heavy atom. The minimum Gasteiger partial charge on any atom is -0.422 e. The Kier molecular flexibility index (Phi) is 8.12. The van der Waals surface area contributed by atoms with Crippen molar-refractivity contribution in [1.82, 2.24) is 5.43 Å². The average molecular weight is 582 g/mol. The van der Waals surface area contributed by atoms with E-state index in [9.17, 15) is 29.8 Å². The SMILES string of the molecule is O=C(Oc1ccc(Br)cc1/C=N\NC(=O)c1ccc(Cl)cc1Cl)c1cc([N+](=O)[O-])cc([N+](=O)[O-])c1. The van der Waals surface area contributed by atoms with E-state index in [2.05, 4.69) is 26.5 Å². The number of benzene rings is 3. The predicted molar refractivity (Wildman–Crippen MR) is 130 cm³/mol. The minimum atomic E-state index is -1.08. The summed E-state index contributed by atoms with van der Waals surface area (Å²) in [5.74, 6) is -1.74. The predicted octanol–water partition coefficient (Wildman–Crippen LogP) is 5.56. The zero-order valence-electron chi connectivity index (χ0n) is 17.1. The molecule has 3 aromatic carbocycles. The second-order valence-electron chi connectivity index (χ2n) is 6.65. The van der Waals surface area contributed by atoms with Gasteiger partial charge in [0.25, 0.3) is 17.3 Å². The van der Waals surface area contributed by atoms with E-state index in [4.69, 9.17) is 27.9 Å². The lowest BCUT2D eigenvalue weighted by Gasteiger charge is -2.08. The summed E-state index contributed by atoms with van der Waals surface area (Å²) < 4.78 is 5.87. The molecule has 1 amide bonds. The largest absolute Gasteiger partial charge is 0.422 e. The van der Waals surface area contributed by atoms with Crippen molar-refractivity contribution in [1.29, 1.82) is 0 Å². The lowest BCUT2D eigenvalue weighted by molar-refractivity contribution is -0.394. The van der Waals surface area contributed by atoms with Crippen molar-refractivity contribution in [3.05, 3.63) is 106 Å². The molecule has 0 aliphatic heterocycles. The molecule has 0 aliphatic carbocycles. The molecule has 0 aliphatic rings. The average Bonchev–Trinajstić information content (AvgIpc) is 2.80. The standard InChI is InChI=1S/C21H11BrCl2N4O7/c22-13-1-4-19(35-21(30)11-6-15(27(31)32)9-16(7-11)28(33)34)12(5-13)10-25-26-20(29)17-3-2-14(23)8-18(17)24/h1-10H,(H,26,29)/b25-10-. The summed E-state index contributed by atoms with van der Waals surface area (Å²) >= 11 is 15.1. The van der Waals surface area contributed by atoms with Gasteiger partial charge >= 0.3 is 5.97 Å². The van der Waals surface area contributed by atoms with Gasteiger partial charge in [-0.15, -0.1) is 0 Å². The molecule has 0 radical (unpaired) electrons. The molecule has 178 valence electrons. The lowest BCUT2D eigenvalue weighted by Crippen LogP contribution is -2.18. The number of carbonyl (C=O) groups is 2. The van der Waals surface area contributed by atoms with Gasteiger partial charge in [-0.25, -0.2) is 10.2 Å². The third kappa shape index (κ3) is 6.59. The number of hydrogen-bond donors (Lipinski definition) is 1. The van der Waals surface area contributed by atoms with Crippen LogP contribution in [0, 0.1) is 20.2 Å². The van der Waals surface area contributed by atoms with Crippen molar-refractivity contribution in [3.8, 4) is 5.75 Å². The second kappa shape index (κ2) is 11.0. The topological polar surface area (TPSA) is 154 Å². The number of hydrogen-bond acceptors (Lipinski definition) is 8. The zero-order chi connectivity index (χ0) is 25.7. The summed E-state index contributed by atoms with van der Waals surface area (Å²) in [6.07, 6.45) is 1.19. The molecule has 0 spiro atoms. The number of nitro groups is 2. The molecule has 1 N–H and O–H groups in total. The molecule has 11 nitrogen and oxygen atoms in total. The maximum absolute atomic E-state index is 12.6. The van der Waals surface area contributed by atoms with Crippen LogP contribution in [0.1, 0.15) is 26.3 Å². The van der Waals surface area contributed by atoms with Crippen molar-refractivity contribution < 1.29 is 24.2 Å². The molecular weight excluding hydrogens is 571 g/mol. The summed E-state index contributed by atoms with van der Waals surface area (Å²) in [6, 6.07) is 11.2. The molecule has 0 atom stereocenters. The van der Waals surface area contributed by atoms with Gasteiger partial charge in [0.05, 0.1) is 38.3 Å². The fourth-order valence-electron chi connectivity index (χ4n) is 2.69. The van der Waals surface area contributed by atoms with E-state index in [0.29, 0.717) is 9.50 Å². The minimum absolute atomic E-state index is 0.0325.